The predicted molar refractivity (Wildman–Crippen MR) is 105 cm³/mol. The highest BCUT2D eigenvalue weighted by Gasteiger charge is 2.25. The number of carbonyl (C=O) groups excluding carboxylic acids is 1. The van der Waals surface area contributed by atoms with E-state index in [0.29, 0.717) is 11.3 Å². The third kappa shape index (κ3) is 4.30. The number of methoxy groups -OCH3 is 1. The van der Waals surface area contributed by atoms with Crippen molar-refractivity contribution < 1.29 is 13.9 Å². The molecule has 6 heteroatoms. The predicted octanol–water partition coefficient (Wildman–Crippen LogP) is 4.06. The summed E-state index contributed by atoms with van der Waals surface area (Å²) in [6.45, 7) is 6.51. The van der Waals surface area contributed by atoms with Gasteiger partial charge in [0.25, 0.3) is 5.91 Å². The second kappa shape index (κ2) is 8.27. The van der Waals surface area contributed by atoms with Crippen LogP contribution in [0.2, 0.25) is 0 Å². The van der Waals surface area contributed by atoms with E-state index in [0.717, 1.165) is 48.5 Å². The number of furan rings is 1. The number of nitrogens with one attached hydrogen (secondary N) is 1. The van der Waals surface area contributed by atoms with Crippen LogP contribution < -0.4 is 10.1 Å². The van der Waals surface area contributed by atoms with Gasteiger partial charge in [-0.1, -0.05) is 12.1 Å². The number of nitrogens with zero attached hydrogens (tertiary/aromatic N) is 1. The number of likely N-dealkylation sites (tertiary alicyclic amines) is 1. The molecule has 140 valence electrons. The lowest BCUT2D eigenvalue weighted by Gasteiger charge is -2.32. The number of halogens is 1. The normalized spacial score (nSPS) is 15.8. The Hall–Kier alpha value is -1.79. The van der Waals surface area contributed by atoms with E-state index in [9.17, 15) is 4.79 Å². The first-order chi connectivity index (χ1) is 12.5. The van der Waals surface area contributed by atoms with Crippen molar-refractivity contribution in [2.24, 2.45) is 0 Å². The fraction of sp³-hybridized carbons (Fsp3) is 0.450. The van der Waals surface area contributed by atoms with Crippen LogP contribution in [0.3, 0.4) is 0 Å². The van der Waals surface area contributed by atoms with Crippen molar-refractivity contribution in [3.05, 3.63) is 51.4 Å². The van der Waals surface area contributed by atoms with Crippen LogP contribution >= 0.6 is 15.9 Å². The number of carbonyl (C=O) groups is 1. The number of benzene rings is 1. The third-order valence-electron chi connectivity index (χ3n) is 4.88. The number of piperidine rings is 1. The van der Waals surface area contributed by atoms with E-state index in [1.54, 1.807) is 7.11 Å². The van der Waals surface area contributed by atoms with Crippen LogP contribution in [0.15, 0.2) is 33.2 Å². The number of hydrogen-bond acceptors (Lipinski definition) is 4. The molecular weight excluding hydrogens is 396 g/mol. The molecule has 0 radical (unpaired) electrons. The number of amides is 1. The van der Waals surface area contributed by atoms with Crippen LogP contribution in [-0.4, -0.2) is 37.0 Å². The van der Waals surface area contributed by atoms with Crippen molar-refractivity contribution in [2.45, 2.75) is 39.3 Å². The molecule has 0 saturated carbocycles. The largest absolute Gasteiger partial charge is 0.497 e. The van der Waals surface area contributed by atoms with Gasteiger partial charge in [0.15, 0.2) is 0 Å². The minimum absolute atomic E-state index is 0.0579. The monoisotopic (exact) mass is 420 g/mol. The molecule has 0 unspecified atom stereocenters. The maximum absolute atomic E-state index is 12.6. The van der Waals surface area contributed by atoms with E-state index in [4.69, 9.17) is 9.15 Å². The highest BCUT2D eigenvalue weighted by molar-refractivity contribution is 9.10. The molecule has 1 saturated heterocycles. The van der Waals surface area contributed by atoms with Crippen LogP contribution in [0.4, 0.5) is 0 Å². The smallest absolute Gasteiger partial charge is 0.256 e. The molecular formula is C20H25BrN2O3. The zero-order valence-corrected chi connectivity index (χ0v) is 17.1. The van der Waals surface area contributed by atoms with Crippen molar-refractivity contribution in [3.63, 3.8) is 0 Å². The Morgan fingerprint density at radius 2 is 2.04 bits per heavy atom. The summed E-state index contributed by atoms with van der Waals surface area (Å²) in [4.78, 5) is 15.0. The Morgan fingerprint density at radius 1 is 1.31 bits per heavy atom. The highest BCUT2D eigenvalue weighted by Crippen LogP contribution is 2.27. The average Bonchev–Trinajstić information content (AvgIpc) is 2.89. The molecule has 0 bridgehead atoms. The molecule has 0 aliphatic carbocycles. The zero-order valence-electron chi connectivity index (χ0n) is 15.5. The van der Waals surface area contributed by atoms with Crippen LogP contribution in [0, 0.1) is 13.8 Å². The summed E-state index contributed by atoms with van der Waals surface area (Å²) in [5, 5.41) is 3.16. The van der Waals surface area contributed by atoms with Crippen molar-refractivity contribution in [3.8, 4) is 5.75 Å². The molecule has 0 atom stereocenters. The Balaban J connectivity index is 1.53. The Labute approximate surface area is 162 Å². The van der Waals surface area contributed by atoms with Crippen LogP contribution in [-0.2, 0) is 6.54 Å². The Morgan fingerprint density at radius 3 is 2.65 bits per heavy atom. The zero-order chi connectivity index (χ0) is 18.7. The summed E-state index contributed by atoms with van der Waals surface area (Å²) in [6, 6.07) is 8.38. The first-order valence-corrected chi connectivity index (χ1v) is 9.69. The van der Waals surface area contributed by atoms with E-state index in [1.807, 2.05) is 26.0 Å². The number of hydrogen-bond donors (Lipinski definition) is 1. The maximum Gasteiger partial charge on any atom is 0.256 e. The second-order valence-corrected chi connectivity index (χ2v) is 7.57. The fourth-order valence-corrected chi connectivity index (χ4v) is 3.98. The first kappa shape index (κ1) is 19.0. The summed E-state index contributed by atoms with van der Waals surface area (Å²) in [5.41, 5.74) is 1.86. The highest BCUT2D eigenvalue weighted by atomic mass is 79.9. The van der Waals surface area contributed by atoms with Gasteiger partial charge in [0.1, 0.15) is 17.3 Å². The molecule has 1 aliphatic rings. The van der Waals surface area contributed by atoms with E-state index < -0.39 is 0 Å². The van der Waals surface area contributed by atoms with Gasteiger partial charge in [-0.25, -0.2) is 0 Å². The molecule has 1 fully saturated rings. The maximum atomic E-state index is 12.6. The molecule has 1 aliphatic heterocycles. The van der Waals surface area contributed by atoms with Gasteiger partial charge in [-0.15, -0.1) is 0 Å². The molecule has 2 heterocycles. The standard InChI is InChI=1S/C20H25BrN2O3/c1-13-18(19(21)14(2)26-13)20(24)22-16-7-9-23(10-8-16)12-15-5-4-6-17(11-15)25-3/h4-6,11,16H,7-10,12H2,1-3H3,(H,22,24). The van der Waals surface area contributed by atoms with Crippen LogP contribution in [0.1, 0.15) is 40.3 Å². The topological polar surface area (TPSA) is 54.7 Å². The molecule has 26 heavy (non-hydrogen) atoms. The molecule has 1 amide bonds. The third-order valence-corrected chi connectivity index (χ3v) is 5.83. The van der Waals surface area contributed by atoms with E-state index in [-0.39, 0.29) is 11.9 Å². The number of ether oxygens (including phenoxy) is 1. The summed E-state index contributed by atoms with van der Waals surface area (Å²) in [6.07, 6.45) is 1.90. The summed E-state index contributed by atoms with van der Waals surface area (Å²) in [7, 11) is 1.69. The molecule has 5 nitrogen and oxygen atoms in total. The van der Waals surface area contributed by atoms with Crippen LogP contribution in [0.5, 0.6) is 5.75 Å². The number of aryl methyl sites for hydroxylation is 2. The average molecular weight is 421 g/mol. The minimum Gasteiger partial charge on any atom is -0.497 e. The van der Waals surface area contributed by atoms with Crippen molar-refractivity contribution in [1.29, 1.82) is 0 Å². The van der Waals surface area contributed by atoms with E-state index in [1.165, 1.54) is 5.56 Å². The summed E-state index contributed by atoms with van der Waals surface area (Å²) in [5.74, 6) is 2.22. The van der Waals surface area contributed by atoms with Gasteiger partial charge in [0, 0.05) is 25.7 Å². The van der Waals surface area contributed by atoms with Crippen molar-refractivity contribution in [2.75, 3.05) is 20.2 Å². The molecule has 2 aromatic rings. The number of rotatable bonds is 5. The van der Waals surface area contributed by atoms with Gasteiger partial charge < -0.3 is 14.5 Å². The van der Waals surface area contributed by atoms with Crippen molar-refractivity contribution in [1.82, 2.24) is 10.2 Å². The molecule has 0 spiro atoms. The van der Waals surface area contributed by atoms with Gasteiger partial charge in [-0.3, -0.25) is 9.69 Å². The molecule has 1 aromatic heterocycles. The van der Waals surface area contributed by atoms with Crippen LogP contribution in [0.25, 0.3) is 0 Å². The van der Waals surface area contributed by atoms with Gasteiger partial charge in [0.05, 0.1) is 17.1 Å². The van der Waals surface area contributed by atoms with E-state index in [2.05, 4.69) is 38.3 Å². The lowest BCUT2D eigenvalue weighted by atomic mass is 10.0. The lowest BCUT2D eigenvalue weighted by Crippen LogP contribution is -2.44. The summed E-state index contributed by atoms with van der Waals surface area (Å²) >= 11 is 3.45. The lowest BCUT2D eigenvalue weighted by molar-refractivity contribution is 0.0906. The van der Waals surface area contributed by atoms with Gasteiger partial charge >= 0.3 is 0 Å². The van der Waals surface area contributed by atoms with Gasteiger partial charge in [0.2, 0.25) is 0 Å². The first-order valence-electron chi connectivity index (χ1n) is 8.89. The fourth-order valence-electron chi connectivity index (χ4n) is 3.44. The van der Waals surface area contributed by atoms with Gasteiger partial charge in [-0.05, 0) is 60.3 Å². The Bertz CT molecular complexity index is 779. The van der Waals surface area contributed by atoms with Crippen molar-refractivity contribution >= 4 is 21.8 Å². The van der Waals surface area contributed by atoms with E-state index >= 15 is 0 Å². The Kier molecular flexibility index (Phi) is 6.04. The summed E-state index contributed by atoms with van der Waals surface area (Å²) < 4.78 is 11.6. The quantitative estimate of drug-likeness (QED) is 0.791. The second-order valence-electron chi connectivity index (χ2n) is 6.78. The molecule has 1 aromatic carbocycles. The molecule has 3 rings (SSSR count). The SMILES string of the molecule is COc1cccc(CN2CCC(NC(=O)c3c(C)oc(C)c3Br)CC2)c1. The minimum atomic E-state index is -0.0579. The molecule has 1 N–H and O–H groups in total. The van der Waals surface area contributed by atoms with Gasteiger partial charge in [-0.2, -0.15) is 0 Å².